The number of benzene rings is 2. The number of hydrogen-bond acceptors (Lipinski definition) is 2. The molecule has 0 N–H and O–H groups in total. The molecule has 1 amide bonds. The maximum absolute atomic E-state index is 12.6. The van der Waals surface area contributed by atoms with Crippen LogP contribution in [0.3, 0.4) is 0 Å². The van der Waals surface area contributed by atoms with Crippen molar-refractivity contribution in [2.45, 2.75) is 20.3 Å². The number of hydrogen-bond donors (Lipinski definition) is 0. The highest BCUT2D eigenvalue weighted by Crippen LogP contribution is 2.34. The smallest absolute Gasteiger partial charge is 0.233 e. The summed E-state index contributed by atoms with van der Waals surface area (Å²) in [6.07, 6.45) is 0.255. The van der Waals surface area contributed by atoms with Gasteiger partial charge in [-0.15, -0.1) is 0 Å². The Morgan fingerprint density at radius 3 is 2.73 bits per heavy atom. The summed E-state index contributed by atoms with van der Waals surface area (Å²) in [5.41, 5.74) is 4.34. The van der Waals surface area contributed by atoms with Crippen molar-refractivity contribution in [2.24, 2.45) is 4.99 Å². The molecule has 0 atom stereocenters. The number of aliphatic imine (C=N–C) groups is 1. The zero-order chi connectivity index (χ0) is 15.7. The van der Waals surface area contributed by atoms with Crippen molar-refractivity contribution >= 4 is 34.6 Å². The first kappa shape index (κ1) is 14.8. The lowest BCUT2D eigenvalue weighted by atomic mass is 10.1. The molecule has 4 heteroatoms. The second-order valence-electron chi connectivity index (χ2n) is 5.35. The zero-order valence-corrected chi connectivity index (χ0v) is 13.4. The number of fused-ring (bicyclic) bond motifs is 1. The van der Waals surface area contributed by atoms with Gasteiger partial charge in [-0.1, -0.05) is 35.9 Å². The first-order chi connectivity index (χ1) is 10.6. The van der Waals surface area contributed by atoms with Gasteiger partial charge in [0.2, 0.25) is 5.91 Å². The summed E-state index contributed by atoms with van der Waals surface area (Å²) in [4.78, 5) is 19.1. The maximum atomic E-state index is 12.6. The monoisotopic (exact) mass is 312 g/mol. The molecule has 0 bridgehead atoms. The normalized spacial score (nSPS) is 14.4. The summed E-state index contributed by atoms with van der Waals surface area (Å²) < 4.78 is 0. The van der Waals surface area contributed by atoms with E-state index in [9.17, 15) is 4.79 Å². The molecule has 0 fully saturated rings. The molecule has 0 saturated heterocycles. The molecule has 2 aromatic carbocycles. The van der Waals surface area contributed by atoms with Gasteiger partial charge in [-0.05, 0) is 37.6 Å². The summed E-state index contributed by atoms with van der Waals surface area (Å²) in [5.74, 6) is 0.0468. The van der Waals surface area contributed by atoms with E-state index in [1.807, 2.05) is 56.3 Å². The average molecular weight is 313 g/mol. The van der Waals surface area contributed by atoms with Gasteiger partial charge in [-0.25, -0.2) is 0 Å². The van der Waals surface area contributed by atoms with Crippen molar-refractivity contribution in [3.63, 3.8) is 0 Å². The van der Waals surface area contributed by atoms with Gasteiger partial charge < -0.3 is 4.90 Å². The highest BCUT2D eigenvalue weighted by atomic mass is 35.5. The lowest BCUT2D eigenvalue weighted by Gasteiger charge is -2.20. The predicted octanol–water partition coefficient (Wildman–Crippen LogP) is 4.53. The number of amides is 1. The van der Waals surface area contributed by atoms with Crippen LogP contribution in [0.2, 0.25) is 5.02 Å². The average Bonchev–Trinajstić information content (AvgIpc) is 2.63. The summed E-state index contributed by atoms with van der Waals surface area (Å²) in [6.45, 7) is 4.62. The number of rotatable bonds is 2. The number of halogens is 1. The fraction of sp³-hybridized carbons (Fsp3) is 0.222. The number of carbonyl (C=O) groups is 1. The highest BCUT2D eigenvalue weighted by Gasteiger charge is 2.24. The van der Waals surface area contributed by atoms with Crippen molar-refractivity contribution in [1.29, 1.82) is 0 Å². The third-order valence-corrected chi connectivity index (χ3v) is 4.13. The molecule has 2 aromatic rings. The Balaban J connectivity index is 2.17. The van der Waals surface area contributed by atoms with E-state index >= 15 is 0 Å². The van der Waals surface area contributed by atoms with Gasteiger partial charge in [0, 0.05) is 17.1 Å². The highest BCUT2D eigenvalue weighted by molar-refractivity contribution is 6.35. The van der Waals surface area contributed by atoms with Crippen LogP contribution in [0.5, 0.6) is 0 Å². The van der Waals surface area contributed by atoms with Gasteiger partial charge in [0.1, 0.15) is 0 Å². The predicted molar refractivity (Wildman–Crippen MR) is 91.5 cm³/mol. The Bertz CT molecular complexity index is 767. The minimum atomic E-state index is 0.0468. The first-order valence-electron chi connectivity index (χ1n) is 7.33. The van der Waals surface area contributed by atoms with E-state index in [-0.39, 0.29) is 12.3 Å². The Morgan fingerprint density at radius 2 is 2.00 bits per heavy atom. The Kier molecular flexibility index (Phi) is 3.99. The molecule has 0 saturated carbocycles. The van der Waals surface area contributed by atoms with Gasteiger partial charge in [-0.3, -0.25) is 9.79 Å². The maximum Gasteiger partial charge on any atom is 0.233 e. The molecule has 1 aliphatic heterocycles. The molecule has 0 unspecified atom stereocenters. The molecule has 0 radical (unpaired) electrons. The van der Waals surface area contributed by atoms with E-state index in [0.29, 0.717) is 11.6 Å². The van der Waals surface area contributed by atoms with Crippen LogP contribution < -0.4 is 4.90 Å². The second kappa shape index (κ2) is 5.93. The van der Waals surface area contributed by atoms with E-state index in [0.717, 1.165) is 28.2 Å². The van der Waals surface area contributed by atoms with Crippen molar-refractivity contribution in [1.82, 2.24) is 0 Å². The van der Waals surface area contributed by atoms with Crippen LogP contribution in [-0.4, -0.2) is 18.2 Å². The molecule has 0 aliphatic carbocycles. The molecular weight excluding hydrogens is 296 g/mol. The third-order valence-electron chi connectivity index (χ3n) is 3.80. The molecule has 3 nitrogen and oxygen atoms in total. The van der Waals surface area contributed by atoms with Gasteiger partial charge in [0.05, 0.1) is 23.5 Å². The largest absolute Gasteiger partial charge is 0.310 e. The summed E-state index contributed by atoms with van der Waals surface area (Å²) in [7, 11) is 0. The lowest BCUT2D eigenvalue weighted by molar-refractivity contribution is -0.117. The van der Waals surface area contributed by atoms with Gasteiger partial charge in [0.25, 0.3) is 0 Å². The quantitative estimate of drug-likeness (QED) is 0.802. The standard InChI is InChI=1S/C18H17ClN2O/c1-3-21-17-10-12(2)8-9-15(17)20-16(11-18(21)22)13-6-4-5-7-14(13)19/h4-10H,3,11H2,1-2H3. The molecule has 0 aromatic heterocycles. The molecule has 112 valence electrons. The van der Waals surface area contributed by atoms with Crippen molar-refractivity contribution in [2.75, 3.05) is 11.4 Å². The van der Waals surface area contributed by atoms with Gasteiger partial charge in [0.15, 0.2) is 0 Å². The minimum Gasteiger partial charge on any atom is -0.310 e. The van der Waals surface area contributed by atoms with E-state index in [2.05, 4.69) is 0 Å². The van der Waals surface area contributed by atoms with Crippen LogP contribution in [-0.2, 0) is 4.79 Å². The van der Waals surface area contributed by atoms with Crippen LogP contribution in [0.1, 0.15) is 24.5 Å². The fourth-order valence-corrected chi connectivity index (χ4v) is 2.94. The van der Waals surface area contributed by atoms with E-state index < -0.39 is 0 Å². The van der Waals surface area contributed by atoms with Crippen molar-refractivity contribution in [3.8, 4) is 0 Å². The third kappa shape index (κ3) is 2.64. The Morgan fingerprint density at radius 1 is 1.23 bits per heavy atom. The van der Waals surface area contributed by atoms with Crippen LogP contribution in [0.25, 0.3) is 0 Å². The molecule has 1 aliphatic rings. The van der Waals surface area contributed by atoms with E-state index in [1.165, 1.54) is 0 Å². The second-order valence-corrected chi connectivity index (χ2v) is 5.75. The lowest BCUT2D eigenvalue weighted by Crippen LogP contribution is -2.31. The van der Waals surface area contributed by atoms with Gasteiger partial charge in [-0.2, -0.15) is 0 Å². The topological polar surface area (TPSA) is 32.7 Å². The van der Waals surface area contributed by atoms with Crippen LogP contribution in [0, 0.1) is 6.92 Å². The van der Waals surface area contributed by atoms with Crippen LogP contribution >= 0.6 is 11.6 Å². The van der Waals surface area contributed by atoms with Crippen LogP contribution in [0.4, 0.5) is 11.4 Å². The molecular formula is C18H17ClN2O. The minimum absolute atomic E-state index is 0.0468. The first-order valence-corrected chi connectivity index (χ1v) is 7.71. The van der Waals surface area contributed by atoms with E-state index in [4.69, 9.17) is 16.6 Å². The van der Waals surface area contributed by atoms with Crippen molar-refractivity contribution in [3.05, 3.63) is 58.6 Å². The van der Waals surface area contributed by atoms with Gasteiger partial charge >= 0.3 is 0 Å². The van der Waals surface area contributed by atoms with Crippen LogP contribution in [0.15, 0.2) is 47.5 Å². The molecule has 22 heavy (non-hydrogen) atoms. The number of anilines is 1. The molecule has 1 heterocycles. The zero-order valence-electron chi connectivity index (χ0n) is 12.6. The fourth-order valence-electron chi connectivity index (χ4n) is 2.70. The Hall–Kier alpha value is -2.13. The number of aryl methyl sites for hydroxylation is 1. The molecule has 0 spiro atoms. The summed E-state index contributed by atoms with van der Waals surface area (Å²) >= 11 is 6.28. The molecule has 3 rings (SSSR count). The Labute approximate surface area is 135 Å². The van der Waals surface area contributed by atoms with E-state index in [1.54, 1.807) is 4.90 Å². The number of carbonyl (C=O) groups excluding carboxylic acids is 1. The SMILES string of the molecule is CCN1C(=O)CC(c2ccccc2Cl)=Nc2ccc(C)cc21. The van der Waals surface area contributed by atoms with Crippen molar-refractivity contribution < 1.29 is 4.79 Å². The summed E-state index contributed by atoms with van der Waals surface area (Å²) in [6, 6.07) is 13.5. The summed E-state index contributed by atoms with van der Waals surface area (Å²) in [5, 5.41) is 0.618. The number of nitrogens with zero attached hydrogens (tertiary/aromatic N) is 2.